The Hall–Kier alpha value is -1.33. The molecule has 0 spiro atoms. The second kappa shape index (κ2) is 4.06. The van der Waals surface area contributed by atoms with Crippen LogP contribution >= 0.6 is 11.6 Å². The molecule has 0 fully saturated rings. The summed E-state index contributed by atoms with van der Waals surface area (Å²) >= 11 is 5.57. The van der Waals surface area contributed by atoms with Gasteiger partial charge in [-0.1, -0.05) is 17.7 Å². The minimum atomic E-state index is -0.406. The van der Waals surface area contributed by atoms with E-state index in [1.54, 1.807) is 19.1 Å². The lowest BCUT2D eigenvalue weighted by atomic mass is 10.1. The Balaban J connectivity index is 3.18. The van der Waals surface area contributed by atoms with Crippen LogP contribution in [0.3, 0.4) is 0 Å². The van der Waals surface area contributed by atoms with Crippen LogP contribution in [0.25, 0.3) is 5.57 Å². The number of rotatable bonds is 1. The molecule has 3 heteroatoms. The van der Waals surface area contributed by atoms with Crippen LogP contribution < -0.4 is 0 Å². The molecule has 0 saturated carbocycles. The molecule has 1 rings (SSSR count). The number of benzene rings is 1. The largest absolute Gasteiger partial charge is 0.206 e. The molecule has 0 atom stereocenters. The van der Waals surface area contributed by atoms with E-state index in [4.69, 9.17) is 16.9 Å². The third kappa shape index (κ3) is 2.30. The van der Waals surface area contributed by atoms with Crippen molar-refractivity contribution in [2.75, 3.05) is 0 Å². The molecule has 1 aromatic carbocycles. The van der Waals surface area contributed by atoms with Crippen molar-refractivity contribution < 1.29 is 4.39 Å². The average Bonchev–Trinajstić information content (AvgIpc) is 2.04. The summed E-state index contributed by atoms with van der Waals surface area (Å²) in [6, 6.07) is 6.22. The first kappa shape index (κ1) is 9.76. The fourth-order valence-corrected chi connectivity index (χ4v) is 1.14. The topological polar surface area (TPSA) is 23.8 Å². The highest BCUT2D eigenvalue weighted by Gasteiger charge is 2.03. The van der Waals surface area contributed by atoms with E-state index in [1.165, 1.54) is 12.1 Å². The molecule has 0 aliphatic rings. The number of halogens is 2. The van der Waals surface area contributed by atoms with Crippen molar-refractivity contribution in [3.8, 4) is 6.07 Å². The molecule has 66 valence electrons. The lowest BCUT2D eigenvalue weighted by Crippen LogP contribution is -1.85. The second-order valence-corrected chi connectivity index (χ2v) is 3.02. The summed E-state index contributed by atoms with van der Waals surface area (Å²) in [4.78, 5) is 0. The smallest absolute Gasteiger partial charge is 0.132 e. The van der Waals surface area contributed by atoms with Gasteiger partial charge in [-0.25, -0.2) is 4.39 Å². The maximum Gasteiger partial charge on any atom is 0.132 e. The standard InChI is InChI=1S/C10H7ClFN/c1-7(4-5-13)9-3-2-8(11)6-10(9)12/h2-4,6H,1H3/b7-4+. The van der Waals surface area contributed by atoms with Gasteiger partial charge in [0.15, 0.2) is 0 Å². The zero-order valence-corrected chi connectivity index (χ0v) is 7.77. The van der Waals surface area contributed by atoms with Crippen molar-refractivity contribution in [3.05, 3.63) is 40.7 Å². The summed E-state index contributed by atoms with van der Waals surface area (Å²) in [7, 11) is 0. The van der Waals surface area contributed by atoms with Gasteiger partial charge in [-0.05, 0) is 24.6 Å². The molecule has 0 heterocycles. The van der Waals surface area contributed by atoms with Crippen LogP contribution in [0.4, 0.5) is 4.39 Å². The molecular formula is C10H7ClFN. The van der Waals surface area contributed by atoms with E-state index in [1.807, 2.05) is 6.07 Å². The molecule has 13 heavy (non-hydrogen) atoms. The van der Waals surface area contributed by atoms with Crippen LogP contribution in [-0.4, -0.2) is 0 Å². The Bertz CT molecular complexity index is 390. The molecule has 1 aromatic rings. The molecule has 0 N–H and O–H groups in total. The summed E-state index contributed by atoms with van der Waals surface area (Å²) in [6.07, 6.45) is 1.30. The SMILES string of the molecule is C/C(=C\C#N)c1ccc(Cl)cc1F. The maximum absolute atomic E-state index is 13.2. The first-order valence-electron chi connectivity index (χ1n) is 3.67. The summed E-state index contributed by atoms with van der Waals surface area (Å²) in [5.41, 5.74) is 1.00. The van der Waals surface area contributed by atoms with Crippen molar-refractivity contribution in [1.82, 2.24) is 0 Å². The highest BCUT2D eigenvalue weighted by molar-refractivity contribution is 6.30. The summed E-state index contributed by atoms with van der Waals surface area (Å²) in [5, 5.41) is 8.72. The van der Waals surface area contributed by atoms with Crippen molar-refractivity contribution in [3.63, 3.8) is 0 Å². The van der Waals surface area contributed by atoms with E-state index in [-0.39, 0.29) is 0 Å². The Morgan fingerprint density at radius 1 is 1.62 bits per heavy atom. The van der Waals surface area contributed by atoms with Gasteiger partial charge >= 0.3 is 0 Å². The molecule has 0 aliphatic heterocycles. The van der Waals surface area contributed by atoms with Gasteiger partial charge in [0.25, 0.3) is 0 Å². The first-order chi connectivity index (χ1) is 6.15. The van der Waals surface area contributed by atoms with Crippen LogP contribution in [0, 0.1) is 17.1 Å². The van der Waals surface area contributed by atoms with Crippen molar-refractivity contribution >= 4 is 17.2 Å². The number of nitriles is 1. The molecule has 0 unspecified atom stereocenters. The van der Waals surface area contributed by atoms with Crippen LogP contribution in [0.1, 0.15) is 12.5 Å². The third-order valence-corrected chi connectivity index (χ3v) is 1.87. The quantitative estimate of drug-likeness (QED) is 0.630. The van der Waals surface area contributed by atoms with Crippen molar-refractivity contribution in [2.45, 2.75) is 6.92 Å². The third-order valence-electron chi connectivity index (χ3n) is 1.64. The Labute approximate surface area is 81.1 Å². The monoisotopic (exact) mass is 195 g/mol. The summed E-state index contributed by atoms with van der Waals surface area (Å²) in [6.45, 7) is 1.68. The van der Waals surface area contributed by atoms with Crippen molar-refractivity contribution in [1.29, 1.82) is 5.26 Å². The molecule has 0 aliphatic carbocycles. The summed E-state index contributed by atoms with van der Waals surface area (Å²) in [5.74, 6) is -0.406. The van der Waals surface area contributed by atoms with Crippen LogP contribution in [-0.2, 0) is 0 Å². The summed E-state index contributed by atoms with van der Waals surface area (Å²) < 4.78 is 13.2. The van der Waals surface area contributed by atoms with E-state index in [0.717, 1.165) is 0 Å². The zero-order valence-electron chi connectivity index (χ0n) is 7.01. The molecule has 0 saturated heterocycles. The van der Waals surface area contributed by atoms with Gasteiger partial charge in [-0.15, -0.1) is 0 Å². The van der Waals surface area contributed by atoms with E-state index < -0.39 is 5.82 Å². The van der Waals surface area contributed by atoms with Gasteiger partial charge in [0.05, 0.1) is 6.07 Å². The highest BCUT2D eigenvalue weighted by Crippen LogP contribution is 2.20. The Kier molecular flexibility index (Phi) is 3.05. The number of allylic oxidation sites excluding steroid dienone is 2. The van der Waals surface area contributed by atoms with Gasteiger partial charge in [0, 0.05) is 16.7 Å². The van der Waals surface area contributed by atoms with Crippen LogP contribution in [0.2, 0.25) is 5.02 Å². The molecule has 0 radical (unpaired) electrons. The second-order valence-electron chi connectivity index (χ2n) is 2.58. The normalized spacial score (nSPS) is 11.1. The van der Waals surface area contributed by atoms with Gasteiger partial charge < -0.3 is 0 Å². The van der Waals surface area contributed by atoms with E-state index >= 15 is 0 Å². The molecular weight excluding hydrogens is 189 g/mol. The number of hydrogen-bond acceptors (Lipinski definition) is 1. The van der Waals surface area contributed by atoms with Crippen molar-refractivity contribution in [2.24, 2.45) is 0 Å². The predicted octanol–water partition coefficient (Wildman–Crippen LogP) is 3.41. The lowest BCUT2D eigenvalue weighted by Gasteiger charge is -2.01. The van der Waals surface area contributed by atoms with Gasteiger partial charge in [0.1, 0.15) is 5.82 Å². The van der Waals surface area contributed by atoms with Crippen LogP contribution in [0.5, 0.6) is 0 Å². The van der Waals surface area contributed by atoms with E-state index in [9.17, 15) is 4.39 Å². The molecule has 1 nitrogen and oxygen atoms in total. The average molecular weight is 196 g/mol. The molecule has 0 bridgehead atoms. The number of nitrogens with zero attached hydrogens (tertiary/aromatic N) is 1. The fourth-order valence-electron chi connectivity index (χ4n) is 0.984. The van der Waals surface area contributed by atoms with Crippen LogP contribution in [0.15, 0.2) is 24.3 Å². The van der Waals surface area contributed by atoms with Gasteiger partial charge in [0.2, 0.25) is 0 Å². The van der Waals surface area contributed by atoms with Gasteiger partial charge in [-0.2, -0.15) is 5.26 Å². The predicted molar refractivity (Wildman–Crippen MR) is 50.7 cm³/mol. The maximum atomic E-state index is 13.2. The highest BCUT2D eigenvalue weighted by atomic mass is 35.5. The molecule has 0 aromatic heterocycles. The van der Waals surface area contributed by atoms with E-state index in [0.29, 0.717) is 16.2 Å². The Morgan fingerprint density at radius 3 is 2.85 bits per heavy atom. The lowest BCUT2D eigenvalue weighted by molar-refractivity contribution is 0.624. The number of hydrogen-bond donors (Lipinski definition) is 0. The zero-order chi connectivity index (χ0) is 9.84. The van der Waals surface area contributed by atoms with Gasteiger partial charge in [-0.3, -0.25) is 0 Å². The van der Waals surface area contributed by atoms with E-state index in [2.05, 4.69) is 0 Å². The first-order valence-corrected chi connectivity index (χ1v) is 4.04. The Morgan fingerprint density at radius 2 is 2.31 bits per heavy atom. The minimum absolute atomic E-state index is 0.353. The minimum Gasteiger partial charge on any atom is -0.206 e. The molecule has 0 amide bonds. The fraction of sp³-hybridized carbons (Fsp3) is 0.100.